The Balaban J connectivity index is 1.53. The second kappa shape index (κ2) is 8.85. The molecule has 1 saturated carbocycles. The van der Waals surface area contributed by atoms with E-state index in [0.29, 0.717) is 29.5 Å². The molecule has 1 aromatic carbocycles. The molecule has 0 atom stereocenters. The molecule has 1 amide bonds. The standard InChI is InChI=1S/C20H23NO4S/c1-24-20(23)19-17(11-12-26-19)21-18(22)10-9-14-5-4-8-16(13-14)25-15-6-2-3-7-15/h4-5,8,11-13,15H,2-3,6-7,9-10H2,1H3,(H,21,22). The fourth-order valence-electron chi connectivity index (χ4n) is 3.10. The molecule has 3 rings (SSSR count). The predicted octanol–water partition coefficient (Wildman–Crippen LogP) is 4.43. The Morgan fingerprint density at radius 3 is 2.81 bits per heavy atom. The highest BCUT2D eigenvalue weighted by Gasteiger charge is 2.17. The molecule has 0 unspecified atom stereocenters. The van der Waals surface area contributed by atoms with Crippen LogP contribution in [0.2, 0.25) is 0 Å². The fourth-order valence-corrected chi connectivity index (χ4v) is 3.87. The third-order valence-corrected chi connectivity index (χ3v) is 5.35. The van der Waals surface area contributed by atoms with Gasteiger partial charge in [0.05, 0.1) is 18.9 Å². The summed E-state index contributed by atoms with van der Waals surface area (Å²) in [4.78, 5) is 24.3. The lowest BCUT2D eigenvalue weighted by Crippen LogP contribution is -2.14. The molecule has 1 heterocycles. The molecule has 0 saturated heterocycles. The van der Waals surface area contributed by atoms with Crippen LogP contribution in [0.4, 0.5) is 5.69 Å². The van der Waals surface area contributed by atoms with E-state index in [1.54, 1.807) is 11.4 Å². The Bertz CT molecular complexity index is 765. The average Bonchev–Trinajstić information content (AvgIpc) is 3.32. The third kappa shape index (κ3) is 4.85. The van der Waals surface area contributed by atoms with Gasteiger partial charge in [0.1, 0.15) is 10.6 Å². The van der Waals surface area contributed by atoms with Gasteiger partial charge in [-0.05, 0) is 61.2 Å². The zero-order chi connectivity index (χ0) is 18.4. The predicted molar refractivity (Wildman–Crippen MR) is 102 cm³/mol. The van der Waals surface area contributed by atoms with Crippen molar-refractivity contribution in [3.05, 3.63) is 46.2 Å². The van der Waals surface area contributed by atoms with Crippen LogP contribution in [0.15, 0.2) is 35.7 Å². The van der Waals surface area contributed by atoms with Gasteiger partial charge < -0.3 is 14.8 Å². The minimum atomic E-state index is -0.438. The molecule has 1 aromatic heterocycles. The van der Waals surface area contributed by atoms with Crippen LogP contribution in [-0.4, -0.2) is 25.1 Å². The van der Waals surface area contributed by atoms with E-state index in [0.717, 1.165) is 24.2 Å². The SMILES string of the molecule is COC(=O)c1sccc1NC(=O)CCc1cccc(OC2CCCC2)c1. The van der Waals surface area contributed by atoms with Crippen LogP contribution >= 0.6 is 11.3 Å². The molecule has 6 heteroatoms. The number of thiophene rings is 1. The maximum absolute atomic E-state index is 12.2. The van der Waals surface area contributed by atoms with E-state index in [2.05, 4.69) is 5.32 Å². The van der Waals surface area contributed by atoms with E-state index in [1.165, 1.54) is 31.3 Å². The van der Waals surface area contributed by atoms with Crippen LogP contribution in [0.25, 0.3) is 0 Å². The van der Waals surface area contributed by atoms with Crippen LogP contribution in [0, 0.1) is 0 Å². The van der Waals surface area contributed by atoms with E-state index >= 15 is 0 Å². The van der Waals surface area contributed by atoms with Gasteiger partial charge in [0.15, 0.2) is 0 Å². The number of amides is 1. The van der Waals surface area contributed by atoms with Crippen LogP contribution < -0.4 is 10.1 Å². The summed E-state index contributed by atoms with van der Waals surface area (Å²) < 4.78 is 10.7. The molecule has 0 spiro atoms. The molecule has 138 valence electrons. The van der Waals surface area contributed by atoms with Gasteiger partial charge in [-0.2, -0.15) is 0 Å². The number of methoxy groups -OCH3 is 1. The molecule has 0 radical (unpaired) electrons. The molecule has 1 aliphatic rings. The first kappa shape index (κ1) is 18.5. The van der Waals surface area contributed by atoms with Gasteiger partial charge in [0.25, 0.3) is 0 Å². The summed E-state index contributed by atoms with van der Waals surface area (Å²) in [6.45, 7) is 0. The van der Waals surface area contributed by atoms with Crippen LogP contribution in [0.3, 0.4) is 0 Å². The zero-order valence-corrected chi connectivity index (χ0v) is 15.6. The van der Waals surface area contributed by atoms with Gasteiger partial charge in [-0.1, -0.05) is 12.1 Å². The number of esters is 1. The smallest absolute Gasteiger partial charge is 0.350 e. The Morgan fingerprint density at radius 2 is 2.04 bits per heavy atom. The van der Waals surface area contributed by atoms with Gasteiger partial charge in [-0.3, -0.25) is 4.79 Å². The van der Waals surface area contributed by atoms with Gasteiger partial charge in [-0.25, -0.2) is 4.79 Å². The molecular weight excluding hydrogens is 350 g/mol. The number of carbonyl (C=O) groups is 2. The first-order chi connectivity index (χ1) is 12.7. The summed E-state index contributed by atoms with van der Waals surface area (Å²) in [5, 5.41) is 4.54. The van der Waals surface area contributed by atoms with Crippen molar-refractivity contribution >= 4 is 28.9 Å². The number of rotatable bonds is 7. The molecule has 2 aromatic rings. The highest BCUT2D eigenvalue weighted by atomic mass is 32.1. The minimum absolute atomic E-state index is 0.129. The highest BCUT2D eigenvalue weighted by Crippen LogP contribution is 2.25. The number of hydrogen-bond acceptors (Lipinski definition) is 5. The number of nitrogens with one attached hydrogen (secondary N) is 1. The average molecular weight is 373 g/mol. The Hall–Kier alpha value is -2.34. The van der Waals surface area contributed by atoms with E-state index in [1.807, 2.05) is 24.3 Å². The molecule has 26 heavy (non-hydrogen) atoms. The number of ether oxygens (including phenoxy) is 2. The summed E-state index contributed by atoms with van der Waals surface area (Å²) in [6.07, 6.45) is 5.99. The van der Waals surface area contributed by atoms with Gasteiger partial charge in [0.2, 0.25) is 5.91 Å². The normalized spacial score (nSPS) is 14.2. The lowest BCUT2D eigenvalue weighted by atomic mass is 10.1. The summed E-state index contributed by atoms with van der Waals surface area (Å²) in [5.41, 5.74) is 1.57. The molecular formula is C20H23NO4S. The zero-order valence-electron chi connectivity index (χ0n) is 14.8. The number of carbonyl (C=O) groups excluding carboxylic acids is 2. The summed E-state index contributed by atoms with van der Waals surface area (Å²) in [7, 11) is 1.33. The van der Waals surface area contributed by atoms with Crippen molar-refractivity contribution in [2.45, 2.75) is 44.6 Å². The van der Waals surface area contributed by atoms with Crippen LogP contribution in [0.5, 0.6) is 5.75 Å². The van der Waals surface area contributed by atoms with Crippen molar-refractivity contribution in [1.82, 2.24) is 0 Å². The van der Waals surface area contributed by atoms with Gasteiger partial charge in [0, 0.05) is 6.42 Å². The largest absolute Gasteiger partial charge is 0.490 e. The highest BCUT2D eigenvalue weighted by molar-refractivity contribution is 7.12. The summed E-state index contributed by atoms with van der Waals surface area (Å²) >= 11 is 1.25. The van der Waals surface area contributed by atoms with E-state index in [-0.39, 0.29) is 5.91 Å². The summed E-state index contributed by atoms with van der Waals surface area (Å²) in [6, 6.07) is 9.65. The maximum atomic E-state index is 12.2. The first-order valence-corrected chi connectivity index (χ1v) is 9.75. The number of benzene rings is 1. The van der Waals surface area contributed by atoms with Crippen molar-refractivity contribution in [2.75, 3.05) is 12.4 Å². The van der Waals surface area contributed by atoms with Crippen molar-refractivity contribution in [3.8, 4) is 5.75 Å². The molecule has 1 aliphatic carbocycles. The van der Waals surface area contributed by atoms with Crippen LogP contribution in [-0.2, 0) is 16.0 Å². The topological polar surface area (TPSA) is 64.6 Å². The maximum Gasteiger partial charge on any atom is 0.350 e. The van der Waals surface area contributed by atoms with Gasteiger partial charge in [-0.15, -0.1) is 11.3 Å². The Labute approximate surface area is 157 Å². The quantitative estimate of drug-likeness (QED) is 0.729. The fraction of sp³-hybridized carbons (Fsp3) is 0.400. The number of hydrogen-bond donors (Lipinski definition) is 1. The molecule has 1 fully saturated rings. The second-order valence-electron chi connectivity index (χ2n) is 6.37. The Kier molecular flexibility index (Phi) is 6.28. The van der Waals surface area contributed by atoms with E-state index in [4.69, 9.17) is 9.47 Å². The van der Waals surface area contributed by atoms with Crippen molar-refractivity contribution in [2.24, 2.45) is 0 Å². The van der Waals surface area contributed by atoms with Crippen molar-refractivity contribution < 1.29 is 19.1 Å². The molecule has 1 N–H and O–H groups in total. The van der Waals surface area contributed by atoms with Crippen LogP contribution in [0.1, 0.15) is 47.3 Å². The van der Waals surface area contributed by atoms with Gasteiger partial charge >= 0.3 is 5.97 Å². The molecule has 0 bridgehead atoms. The Morgan fingerprint density at radius 1 is 1.23 bits per heavy atom. The summed E-state index contributed by atoms with van der Waals surface area (Å²) in [5.74, 6) is 0.309. The lowest BCUT2D eigenvalue weighted by Gasteiger charge is -2.13. The van der Waals surface area contributed by atoms with E-state index < -0.39 is 5.97 Å². The first-order valence-electron chi connectivity index (χ1n) is 8.87. The molecule has 5 nitrogen and oxygen atoms in total. The van der Waals surface area contributed by atoms with E-state index in [9.17, 15) is 9.59 Å². The second-order valence-corrected chi connectivity index (χ2v) is 7.29. The third-order valence-electron chi connectivity index (χ3n) is 4.45. The van der Waals surface area contributed by atoms with Crippen molar-refractivity contribution in [3.63, 3.8) is 0 Å². The monoisotopic (exact) mass is 373 g/mol. The number of anilines is 1. The van der Waals surface area contributed by atoms with Crippen molar-refractivity contribution in [1.29, 1.82) is 0 Å². The minimum Gasteiger partial charge on any atom is -0.490 e. The molecule has 0 aliphatic heterocycles. The lowest BCUT2D eigenvalue weighted by molar-refractivity contribution is -0.116. The number of aryl methyl sites for hydroxylation is 1.